The van der Waals surface area contributed by atoms with Crippen molar-refractivity contribution in [2.24, 2.45) is 7.05 Å². The highest BCUT2D eigenvalue weighted by atomic mass is 19.1. The normalized spacial score (nSPS) is 12.5. The van der Waals surface area contributed by atoms with Crippen molar-refractivity contribution in [1.29, 1.82) is 0 Å². The van der Waals surface area contributed by atoms with Crippen molar-refractivity contribution in [2.45, 2.75) is 13.0 Å². The highest BCUT2D eigenvalue weighted by Crippen LogP contribution is 2.25. The van der Waals surface area contributed by atoms with E-state index in [0.29, 0.717) is 12.1 Å². The Bertz CT molecular complexity index is 542. The van der Waals surface area contributed by atoms with E-state index >= 15 is 0 Å². The fraction of sp³-hybridized carbons (Fsp3) is 0.250. The van der Waals surface area contributed by atoms with Gasteiger partial charge in [-0.2, -0.15) is 5.10 Å². The minimum Gasteiger partial charge on any atom is -0.374 e. The molecular formula is C12H12F3N3. The molecule has 3 nitrogen and oxygen atoms in total. The van der Waals surface area contributed by atoms with Gasteiger partial charge in [0.15, 0.2) is 11.6 Å². The van der Waals surface area contributed by atoms with Gasteiger partial charge in [0.05, 0.1) is 12.2 Å². The predicted octanol–water partition coefficient (Wildman–Crippen LogP) is 3.01. The first-order chi connectivity index (χ1) is 8.47. The van der Waals surface area contributed by atoms with Gasteiger partial charge in [0, 0.05) is 30.9 Å². The third-order valence-electron chi connectivity index (χ3n) is 2.59. The summed E-state index contributed by atoms with van der Waals surface area (Å²) >= 11 is 0. The van der Waals surface area contributed by atoms with Gasteiger partial charge in [-0.3, -0.25) is 4.68 Å². The molecule has 0 spiro atoms. The standard InChI is InChI=1S/C12H12F3N3/c1-7(8-5-16-18(2)6-8)17-12-10(14)3-9(13)4-11(12)15/h3-7,17H,1-2H3. The summed E-state index contributed by atoms with van der Waals surface area (Å²) in [6, 6.07) is 0.941. The van der Waals surface area contributed by atoms with Gasteiger partial charge in [-0.05, 0) is 6.92 Å². The second-order valence-corrected chi connectivity index (χ2v) is 4.06. The van der Waals surface area contributed by atoms with Gasteiger partial charge < -0.3 is 5.32 Å². The summed E-state index contributed by atoms with van der Waals surface area (Å²) in [6.45, 7) is 1.74. The van der Waals surface area contributed by atoms with E-state index < -0.39 is 17.5 Å². The van der Waals surface area contributed by atoms with Crippen LogP contribution in [0.2, 0.25) is 0 Å². The van der Waals surface area contributed by atoms with Crippen LogP contribution < -0.4 is 5.32 Å². The Morgan fingerprint density at radius 1 is 1.22 bits per heavy atom. The largest absolute Gasteiger partial charge is 0.374 e. The average Bonchev–Trinajstić information content (AvgIpc) is 2.70. The van der Waals surface area contributed by atoms with Crippen LogP contribution in [-0.4, -0.2) is 9.78 Å². The molecule has 0 radical (unpaired) electrons. The van der Waals surface area contributed by atoms with E-state index in [1.807, 2.05) is 0 Å². The Morgan fingerprint density at radius 3 is 2.33 bits per heavy atom. The van der Waals surface area contributed by atoms with Crippen LogP contribution in [0.25, 0.3) is 0 Å². The van der Waals surface area contributed by atoms with Crippen LogP contribution in [-0.2, 0) is 7.05 Å². The first-order valence-electron chi connectivity index (χ1n) is 5.37. The summed E-state index contributed by atoms with van der Waals surface area (Å²) in [4.78, 5) is 0. The molecule has 1 N–H and O–H groups in total. The number of hydrogen-bond donors (Lipinski definition) is 1. The third kappa shape index (κ3) is 2.47. The summed E-state index contributed by atoms with van der Waals surface area (Å²) in [5, 5.41) is 6.63. The fourth-order valence-corrected chi connectivity index (χ4v) is 1.64. The van der Waals surface area contributed by atoms with Crippen molar-refractivity contribution in [3.63, 3.8) is 0 Å². The van der Waals surface area contributed by atoms with Crippen LogP contribution >= 0.6 is 0 Å². The maximum Gasteiger partial charge on any atom is 0.152 e. The molecule has 0 aliphatic heterocycles. The summed E-state index contributed by atoms with van der Waals surface area (Å²) in [7, 11) is 1.75. The summed E-state index contributed by atoms with van der Waals surface area (Å²) in [5.74, 6) is -2.85. The Balaban J connectivity index is 2.24. The van der Waals surface area contributed by atoms with Crippen molar-refractivity contribution in [3.05, 3.63) is 47.5 Å². The zero-order valence-corrected chi connectivity index (χ0v) is 9.92. The van der Waals surface area contributed by atoms with Gasteiger partial charge in [-0.25, -0.2) is 13.2 Å². The highest BCUT2D eigenvalue weighted by Gasteiger charge is 2.15. The number of hydrogen-bond acceptors (Lipinski definition) is 2. The predicted molar refractivity (Wildman–Crippen MR) is 61.6 cm³/mol. The van der Waals surface area contributed by atoms with E-state index in [1.165, 1.54) is 0 Å². The molecule has 1 heterocycles. The van der Waals surface area contributed by atoms with Crippen molar-refractivity contribution < 1.29 is 13.2 Å². The maximum atomic E-state index is 13.4. The molecule has 2 aromatic rings. The smallest absolute Gasteiger partial charge is 0.152 e. The molecule has 0 fully saturated rings. The zero-order valence-electron chi connectivity index (χ0n) is 9.92. The van der Waals surface area contributed by atoms with Crippen molar-refractivity contribution in [1.82, 2.24) is 9.78 Å². The quantitative estimate of drug-likeness (QED) is 0.913. The Hall–Kier alpha value is -1.98. The number of anilines is 1. The lowest BCUT2D eigenvalue weighted by Crippen LogP contribution is -2.09. The highest BCUT2D eigenvalue weighted by molar-refractivity contribution is 5.48. The molecule has 6 heteroatoms. The summed E-state index contributed by atoms with van der Waals surface area (Å²) < 4.78 is 41.2. The second kappa shape index (κ2) is 4.72. The third-order valence-corrected chi connectivity index (χ3v) is 2.59. The van der Waals surface area contributed by atoms with Crippen LogP contribution in [0.1, 0.15) is 18.5 Å². The lowest BCUT2D eigenvalue weighted by Gasteiger charge is -2.15. The van der Waals surface area contributed by atoms with Gasteiger partial charge in [-0.1, -0.05) is 0 Å². The second-order valence-electron chi connectivity index (χ2n) is 4.06. The molecule has 0 amide bonds. The van der Waals surface area contributed by atoms with E-state index in [4.69, 9.17) is 0 Å². The molecular weight excluding hydrogens is 243 g/mol. The van der Waals surface area contributed by atoms with E-state index in [2.05, 4.69) is 10.4 Å². The molecule has 0 saturated carbocycles. The number of nitrogens with zero attached hydrogens (tertiary/aromatic N) is 2. The van der Waals surface area contributed by atoms with Crippen molar-refractivity contribution in [3.8, 4) is 0 Å². The molecule has 2 rings (SSSR count). The van der Waals surface area contributed by atoms with Crippen molar-refractivity contribution >= 4 is 5.69 Å². The Kier molecular flexibility index (Phi) is 3.27. The molecule has 0 saturated heterocycles. The van der Waals surface area contributed by atoms with E-state index in [9.17, 15) is 13.2 Å². The van der Waals surface area contributed by atoms with Gasteiger partial charge in [0.25, 0.3) is 0 Å². The maximum absolute atomic E-state index is 13.4. The Morgan fingerprint density at radius 2 is 1.83 bits per heavy atom. The summed E-state index contributed by atoms with van der Waals surface area (Å²) in [6.07, 6.45) is 3.33. The van der Waals surface area contributed by atoms with Crippen LogP contribution in [0, 0.1) is 17.5 Å². The van der Waals surface area contributed by atoms with Crippen LogP contribution in [0.3, 0.4) is 0 Å². The van der Waals surface area contributed by atoms with Crippen LogP contribution in [0.15, 0.2) is 24.5 Å². The van der Waals surface area contributed by atoms with E-state index in [1.54, 1.807) is 31.0 Å². The SMILES string of the molecule is CC(Nc1c(F)cc(F)cc1F)c1cnn(C)c1. The molecule has 0 bridgehead atoms. The fourth-order valence-electron chi connectivity index (χ4n) is 1.64. The monoisotopic (exact) mass is 255 g/mol. The first-order valence-corrected chi connectivity index (χ1v) is 5.37. The minimum atomic E-state index is -0.955. The minimum absolute atomic E-state index is 0.340. The van der Waals surface area contributed by atoms with Gasteiger partial charge in [0.2, 0.25) is 0 Å². The lowest BCUT2D eigenvalue weighted by molar-refractivity contribution is 0.545. The lowest BCUT2D eigenvalue weighted by atomic mass is 10.1. The number of aromatic nitrogens is 2. The number of nitrogens with one attached hydrogen (secondary N) is 1. The van der Waals surface area contributed by atoms with Crippen LogP contribution in [0.5, 0.6) is 0 Å². The molecule has 0 aliphatic carbocycles. The number of halogens is 3. The Labute approximate surface area is 102 Å². The van der Waals surface area contributed by atoms with Crippen molar-refractivity contribution in [2.75, 3.05) is 5.32 Å². The number of aryl methyl sites for hydroxylation is 1. The first kappa shape index (κ1) is 12.5. The van der Waals surface area contributed by atoms with Crippen LogP contribution in [0.4, 0.5) is 18.9 Å². The van der Waals surface area contributed by atoms with E-state index in [-0.39, 0.29) is 11.7 Å². The summed E-state index contributed by atoms with van der Waals surface area (Å²) in [5.41, 5.74) is 0.438. The molecule has 1 aromatic heterocycles. The number of rotatable bonds is 3. The van der Waals surface area contributed by atoms with Gasteiger partial charge >= 0.3 is 0 Å². The van der Waals surface area contributed by atoms with Gasteiger partial charge in [0.1, 0.15) is 11.5 Å². The molecule has 1 atom stereocenters. The zero-order chi connectivity index (χ0) is 13.3. The molecule has 0 aliphatic rings. The molecule has 96 valence electrons. The number of benzene rings is 1. The van der Waals surface area contributed by atoms with E-state index in [0.717, 1.165) is 5.56 Å². The molecule has 1 aromatic carbocycles. The van der Waals surface area contributed by atoms with Gasteiger partial charge in [-0.15, -0.1) is 0 Å². The molecule has 1 unspecified atom stereocenters. The topological polar surface area (TPSA) is 29.9 Å². The molecule has 18 heavy (non-hydrogen) atoms. The average molecular weight is 255 g/mol.